The van der Waals surface area contributed by atoms with Gasteiger partial charge in [0.05, 0.1) is 38.6 Å². The Hall–Kier alpha value is -1.21. The Labute approximate surface area is 634 Å². The zero-order chi connectivity index (χ0) is 75.3. The van der Waals surface area contributed by atoms with Crippen LogP contribution in [0.1, 0.15) is 406 Å². The molecule has 0 aromatic rings. The lowest BCUT2D eigenvalue weighted by Crippen LogP contribution is -2.66. The summed E-state index contributed by atoms with van der Waals surface area (Å²) in [6, 6.07) is -0.884. The Balaban J connectivity index is 1.33. The van der Waals surface area contributed by atoms with Crippen LogP contribution in [-0.4, -0.2) is 193 Å². The van der Waals surface area contributed by atoms with E-state index in [0.29, 0.717) is 12.8 Å². The standard InChI is InChI=1S/C85H165NO18/c1-3-5-7-9-11-13-15-17-19-21-23-25-27-29-31-33-34-35-36-38-40-42-44-46-48-50-52-54-56-58-60-62-69(90)68(86-73(91)63-61-59-57-55-53-51-49-47-45-43-41-39-37-32-30-28-26-24-22-20-18-16-14-12-10-8-6-4-2)67-99-83-79(97)76(94)81(71(65-88)101-83)104-85-80(98)77(95)82(72(66-89)102-85)103-84-78(96)75(93)74(92)70(64-87)100-84/h68-72,74-85,87-90,92-98H,3-67H2,1-2H3,(H,86,91). The van der Waals surface area contributed by atoms with Crippen LogP contribution in [0.3, 0.4) is 0 Å². The van der Waals surface area contributed by atoms with Crippen molar-refractivity contribution in [3.8, 4) is 0 Å². The van der Waals surface area contributed by atoms with Gasteiger partial charge in [-0.3, -0.25) is 4.79 Å². The van der Waals surface area contributed by atoms with Crippen molar-refractivity contribution in [1.29, 1.82) is 0 Å². The van der Waals surface area contributed by atoms with Gasteiger partial charge in [0.25, 0.3) is 0 Å². The predicted molar refractivity (Wildman–Crippen MR) is 416 cm³/mol. The third kappa shape index (κ3) is 45.3. The highest BCUT2D eigenvalue weighted by atomic mass is 16.8. The first-order valence-corrected chi connectivity index (χ1v) is 44.3. The molecule has 0 radical (unpaired) electrons. The molecule has 3 rings (SSSR count). The van der Waals surface area contributed by atoms with E-state index in [1.165, 1.54) is 327 Å². The molecular formula is C85H165NO18. The quantitative estimate of drug-likeness (QED) is 0.0252. The Bertz CT molecular complexity index is 1880. The number of nitrogens with one attached hydrogen (secondary N) is 1. The van der Waals surface area contributed by atoms with E-state index in [-0.39, 0.29) is 18.9 Å². The molecule has 3 saturated heterocycles. The maximum Gasteiger partial charge on any atom is 0.220 e. The number of carbonyl (C=O) groups is 1. The van der Waals surface area contributed by atoms with Crippen molar-refractivity contribution in [3.05, 3.63) is 0 Å². The van der Waals surface area contributed by atoms with Gasteiger partial charge in [0.1, 0.15) is 73.2 Å². The molecule has 0 bridgehead atoms. The Morgan fingerprint density at radius 2 is 0.548 bits per heavy atom. The number of aliphatic hydroxyl groups is 11. The number of hydrogen-bond acceptors (Lipinski definition) is 18. The van der Waals surface area contributed by atoms with Gasteiger partial charge >= 0.3 is 0 Å². The second-order valence-corrected chi connectivity index (χ2v) is 32.1. The van der Waals surface area contributed by atoms with Crippen molar-refractivity contribution >= 4 is 5.91 Å². The van der Waals surface area contributed by atoms with Gasteiger partial charge in [-0.2, -0.15) is 0 Å². The number of hydrogen-bond donors (Lipinski definition) is 12. The van der Waals surface area contributed by atoms with Crippen LogP contribution in [0, 0.1) is 0 Å². The molecule has 618 valence electrons. The first-order valence-electron chi connectivity index (χ1n) is 44.3. The second kappa shape index (κ2) is 66.4. The van der Waals surface area contributed by atoms with E-state index in [1.807, 2.05) is 0 Å². The first-order chi connectivity index (χ1) is 50.8. The number of unbranched alkanes of at least 4 members (excludes halogenated alkanes) is 57. The van der Waals surface area contributed by atoms with Crippen molar-refractivity contribution < 1.29 is 89.4 Å². The smallest absolute Gasteiger partial charge is 0.220 e. The van der Waals surface area contributed by atoms with E-state index >= 15 is 0 Å². The minimum atomic E-state index is -1.97. The highest BCUT2D eigenvalue weighted by Crippen LogP contribution is 2.34. The molecule has 3 aliphatic heterocycles. The number of carbonyl (C=O) groups excluding carboxylic acids is 1. The van der Waals surface area contributed by atoms with Crippen LogP contribution < -0.4 is 5.32 Å². The average molecular weight is 1490 g/mol. The molecule has 0 spiro atoms. The van der Waals surface area contributed by atoms with Gasteiger partial charge in [-0.15, -0.1) is 0 Å². The molecular weight excluding hydrogens is 1320 g/mol. The number of rotatable bonds is 73. The van der Waals surface area contributed by atoms with Crippen molar-refractivity contribution in [2.24, 2.45) is 0 Å². The van der Waals surface area contributed by atoms with Crippen LogP contribution >= 0.6 is 0 Å². The van der Waals surface area contributed by atoms with Gasteiger partial charge < -0.3 is 89.9 Å². The molecule has 3 fully saturated rings. The molecule has 3 heterocycles. The summed E-state index contributed by atoms with van der Waals surface area (Å²) in [5.41, 5.74) is 0. The SMILES string of the molecule is CCCCCCCCCCCCCCCCCCCCCCCCCCCCCCCCCC(O)C(COC1OC(CO)C(OC2OC(CO)C(OC3OC(CO)C(O)C(O)C3O)C(O)C2O)C(O)C1O)NC(=O)CCCCCCCCCCCCCCCCCCCCCCCCCCCCCC. The Kier molecular flexibility index (Phi) is 61.9. The highest BCUT2D eigenvalue weighted by molar-refractivity contribution is 5.76. The molecule has 0 aromatic carbocycles. The van der Waals surface area contributed by atoms with Crippen LogP contribution in [0.2, 0.25) is 0 Å². The third-order valence-electron chi connectivity index (χ3n) is 22.7. The van der Waals surface area contributed by atoms with Gasteiger partial charge in [-0.25, -0.2) is 0 Å². The van der Waals surface area contributed by atoms with E-state index < -0.39 is 124 Å². The summed E-state index contributed by atoms with van der Waals surface area (Å²) < 4.78 is 34.6. The van der Waals surface area contributed by atoms with E-state index in [1.54, 1.807) is 0 Å². The van der Waals surface area contributed by atoms with Gasteiger partial charge in [-0.1, -0.05) is 386 Å². The zero-order valence-corrected chi connectivity index (χ0v) is 66.6. The fraction of sp³-hybridized carbons (Fsp3) is 0.988. The lowest BCUT2D eigenvalue weighted by atomic mass is 9.96. The van der Waals surface area contributed by atoms with E-state index in [2.05, 4.69) is 19.2 Å². The summed E-state index contributed by atoms with van der Waals surface area (Å²) in [6.45, 7) is 1.89. The molecule has 0 aromatic heterocycles. The van der Waals surface area contributed by atoms with Crippen molar-refractivity contribution in [1.82, 2.24) is 5.32 Å². The van der Waals surface area contributed by atoms with Crippen molar-refractivity contribution in [3.63, 3.8) is 0 Å². The van der Waals surface area contributed by atoms with E-state index in [9.17, 15) is 61.0 Å². The maximum absolute atomic E-state index is 13.5. The average Bonchev–Trinajstić information content (AvgIpc) is 0.781. The minimum absolute atomic E-state index is 0.231. The summed E-state index contributed by atoms with van der Waals surface area (Å²) in [5.74, 6) is -0.231. The van der Waals surface area contributed by atoms with E-state index in [0.717, 1.165) is 44.9 Å². The number of ether oxygens (including phenoxy) is 6. The van der Waals surface area contributed by atoms with Crippen LogP contribution in [0.15, 0.2) is 0 Å². The summed E-state index contributed by atoms with van der Waals surface area (Å²) in [5, 5.41) is 121. The molecule has 0 saturated carbocycles. The van der Waals surface area contributed by atoms with E-state index in [4.69, 9.17) is 28.4 Å². The van der Waals surface area contributed by atoms with Crippen molar-refractivity contribution in [2.75, 3.05) is 26.4 Å². The summed E-state index contributed by atoms with van der Waals surface area (Å²) >= 11 is 0. The lowest BCUT2D eigenvalue weighted by molar-refractivity contribution is -0.379. The zero-order valence-electron chi connectivity index (χ0n) is 66.6. The molecule has 1 amide bonds. The number of amides is 1. The molecule has 19 nitrogen and oxygen atoms in total. The first kappa shape index (κ1) is 97.0. The Morgan fingerprint density at radius 1 is 0.308 bits per heavy atom. The van der Waals surface area contributed by atoms with Crippen LogP contribution in [0.25, 0.3) is 0 Å². The normalized spacial score (nSPS) is 25.8. The maximum atomic E-state index is 13.5. The van der Waals surface area contributed by atoms with Crippen LogP contribution in [-0.2, 0) is 33.2 Å². The van der Waals surface area contributed by atoms with Gasteiger partial charge in [0.15, 0.2) is 18.9 Å². The van der Waals surface area contributed by atoms with Crippen molar-refractivity contribution in [2.45, 2.75) is 510 Å². The fourth-order valence-electron chi connectivity index (χ4n) is 15.6. The summed E-state index contributed by atoms with van der Waals surface area (Å²) in [6.07, 6.45) is 52.1. The highest BCUT2D eigenvalue weighted by Gasteiger charge is 2.54. The summed E-state index contributed by atoms with van der Waals surface area (Å²) in [7, 11) is 0. The molecule has 3 aliphatic rings. The molecule has 17 unspecified atom stereocenters. The monoisotopic (exact) mass is 1490 g/mol. The van der Waals surface area contributed by atoms with Crippen LogP contribution in [0.4, 0.5) is 0 Å². The number of aliphatic hydroxyl groups excluding tert-OH is 11. The molecule has 17 atom stereocenters. The fourth-order valence-corrected chi connectivity index (χ4v) is 15.6. The second-order valence-electron chi connectivity index (χ2n) is 32.1. The molecule has 12 N–H and O–H groups in total. The largest absolute Gasteiger partial charge is 0.394 e. The Morgan fingerprint density at radius 3 is 0.837 bits per heavy atom. The lowest BCUT2D eigenvalue weighted by Gasteiger charge is -2.48. The van der Waals surface area contributed by atoms with Gasteiger partial charge in [-0.05, 0) is 12.8 Å². The molecule has 104 heavy (non-hydrogen) atoms. The van der Waals surface area contributed by atoms with Gasteiger partial charge in [0.2, 0.25) is 5.91 Å². The molecule has 19 heteroatoms. The topological polar surface area (TPSA) is 307 Å². The van der Waals surface area contributed by atoms with Crippen LogP contribution in [0.5, 0.6) is 0 Å². The predicted octanol–water partition coefficient (Wildman–Crippen LogP) is 16.1. The summed E-state index contributed by atoms with van der Waals surface area (Å²) in [4.78, 5) is 13.5. The molecule has 0 aliphatic carbocycles. The van der Waals surface area contributed by atoms with Gasteiger partial charge in [0, 0.05) is 6.42 Å². The minimum Gasteiger partial charge on any atom is -0.394 e. The third-order valence-corrected chi connectivity index (χ3v) is 22.7.